The lowest BCUT2D eigenvalue weighted by Gasteiger charge is -2.06. The highest BCUT2D eigenvalue weighted by Crippen LogP contribution is 2.22. The summed E-state index contributed by atoms with van der Waals surface area (Å²) in [5.74, 6) is -0.123. The Morgan fingerprint density at radius 2 is 2.05 bits per heavy atom. The summed E-state index contributed by atoms with van der Waals surface area (Å²) in [5.41, 5.74) is 3.86. The number of carbonyl (C=O) groups excluding carboxylic acids is 1. The number of aromatic nitrogens is 2. The molecule has 0 radical (unpaired) electrons. The Morgan fingerprint density at radius 1 is 1.25 bits per heavy atom. The standard InChI is InChI=1S/C15H15N3OS/c1-10-9-11(4-7-14(19)16-2)3-5-12(10)13-6-8-15(20)18-17-13/h3-9H,1-2H3,(H,16,19)(H,18,20)/b7-4+. The van der Waals surface area contributed by atoms with E-state index >= 15 is 0 Å². The number of nitrogens with one attached hydrogen (secondary N) is 1. The van der Waals surface area contributed by atoms with E-state index in [4.69, 9.17) is 0 Å². The van der Waals surface area contributed by atoms with Crippen LogP contribution in [0.2, 0.25) is 0 Å². The summed E-state index contributed by atoms with van der Waals surface area (Å²) in [6, 6.07) is 9.62. The molecular weight excluding hydrogens is 270 g/mol. The first-order valence-electron chi connectivity index (χ1n) is 6.13. The summed E-state index contributed by atoms with van der Waals surface area (Å²) >= 11 is 4.12. The molecule has 5 heteroatoms. The fraction of sp³-hybridized carbons (Fsp3) is 0.133. The lowest BCUT2D eigenvalue weighted by Crippen LogP contribution is -2.13. The molecular formula is C15H15N3OS. The first-order chi connectivity index (χ1) is 9.60. The van der Waals surface area contributed by atoms with Gasteiger partial charge < -0.3 is 5.32 Å². The van der Waals surface area contributed by atoms with Gasteiger partial charge in [-0.15, -0.1) is 22.8 Å². The SMILES string of the molecule is CNC(=O)/C=C/c1ccc(-c2ccc(S)nn2)c(C)c1. The molecule has 1 heterocycles. The van der Waals surface area contributed by atoms with Crippen molar-refractivity contribution in [1.29, 1.82) is 0 Å². The molecule has 0 fully saturated rings. The number of amides is 1. The summed E-state index contributed by atoms with van der Waals surface area (Å²) in [4.78, 5) is 11.2. The van der Waals surface area contributed by atoms with Gasteiger partial charge in [0.15, 0.2) is 0 Å². The Hall–Kier alpha value is -2.14. The van der Waals surface area contributed by atoms with E-state index < -0.39 is 0 Å². The van der Waals surface area contributed by atoms with E-state index in [2.05, 4.69) is 28.1 Å². The molecule has 0 aliphatic heterocycles. The minimum absolute atomic E-state index is 0.123. The van der Waals surface area contributed by atoms with Gasteiger partial charge in [-0.2, -0.15) is 0 Å². The number of thiol groups is 1. The third-order valence-corrected chi connectivity index (χ3v) is 3.09. The highest BCUT2D eigenvalue weighted by atomic mass is 32.1. The molecule has 0 saturated heterocycles. The van der Waals surface area contributed by atoms with E-state index in [0.29, 0.717) is 5.03 Å². The van der Waals surface area contributed by atoms with Crippen LogP contribution in [0.25, 0.3) is 17.3 Å². The van der Waals surface area contributed by atoms with E-state index in [9.17, 15) is 4.79 Å². The largest absolute Gasteiger partial charge is 0.356 e. The predicted molar refractivity (Wildman–Crippen MR) is 82.6 cm³/mol. The lowest BCUT2D eigenvalue weighted by molar-refractivity contribution is -0.115. The molecule has 0 spiro atoms. The molecule has 1 aromatic carbocycles. The molecule has 0 atom stereocenters. The summed E-state index contributed by atoms with van der Waals surface area (Å²) in [6.45, 7) is 2.00. The van der Waals surface area contributed by atoms with Gasteiger partial charge in [-0.1, -0.05) is 18.2 Å². The van der Waals surface area contributed by atoms with Crippen LogP contribution in [0.5, 0.6) is 0 Å². The second-order valence-corrected chi connectivity index (χ2v) is 4.76. The van der Waals surface area contributed by atoms with Crippen molar-refractivity contribution >= 4 is 24.6 Å². The van der Waals surface area contributed by atoms with E-state index in [-0.39, 0.29) is 5.91 Å². The van der Waals surface area contributed by atoms with Crippen LogP contribution in [0.4, 0.5) is 0 Å². The maximum Gasteiger partial charge on any atom is 0.243 e. The van der Waals surface area contributed by atoms with Crippen molar-refractivity contribution in [3.8, 4) is 11.3 Å². The van der Waals surface area contributed by atoms with Crippen molar-refractivity contribution in [1.82, 2.24) is 15.5 Å². The van der Waals surface area contributed by atoms with Crippen molar-refractivity contribution in [2.75, 3.05) is 7.05 Å². The smallest absolute Gasteiger partial charge is 0.243 e. The number of hydrogen-bond acceptors (Lipinski definition) is 4. The number of benzene rings is 1. The fourth-order valence-corrected chi connectivity index (χ4v) is 1.92. The summed E-state index contributed by atoms with van der Waals surface area (Å²) in [5, 5.41) is 11.2. The number of hydrogen-bond donors (Lipinski definition) is 2. The second-order valence-electron chi connectivity index (χ2n) is 4.30. The third-order valence-electron chi connectivity index (χ3n) is 2.85. The molecule has 0 bridgehead atoms. The Labute approximate surface area is 123 Å². The Bertz CT molecular complexity index is 651. The Morgan fingerprint density at radius 3 is 2.65 bits per heavy atom. The van der Waals surface area contributed by atoms with Gasteiger partial charge in [0.25, 0.3) is 0 Å². The van der Waals surface area contributed by atoms with Gasteiger partial charge in [-0.3, -0.25) is 4.79 Å². The Kier molecular flexibility index (Phi) is 4.53. The summed E-state index contributed by atoms with van der Waals surface area (Å²) < 4.78 is 0. The van der Waals surface area contributed by atoms with Crippen LogP contribution >= 0.6 is 12.6 Å². The number of likely N-dealkylation sites (N-methyl/N-ethyl adjacent to an activating group) is 1. The molecule has 4 nitrogen and oxygen atoms in total. The van der Waals surface area contributed by atoms with Crippen molar-refractivity contribution < 1.29 is 4.79 Å². The highest BCUT2D eigenvalue weighted by Gasteiger charge is 2.04. The molecule has 20 heavy (non-hydrogen) atoms. The van der Waals surface area contributed by atoms with E-state index in [1.54, 1.807) is 13.1 Å². The number of rotatable bonds is 3. The van der Waals surface area contributed by atoms with Gasteiger partial charge in [0, 0.05) is 18.7 Å². The first kappa shape index (κ1) is 14.3. The van der Waals surface area contributed by atoms with Gasteiger partial charge in [-0.25, -0.2) is 0 Å². The third kappa shape index (κ3) is 3.45. The maximum atomic E-state index is 11.2. The van der Waals surface area contributed by atoms with Crippen molar-refractivity contribution in [2.45, 2.75) is 11.9 Å². The van der Waals surface area contributed by atoms with E-state index in [1.807, 2.05) is 37.3 Å². The zero-order valence-corrected chi connectivity index (χ0v) is 12.2. The van der Waals surface area contributed by atoms with Gasteiger partial charge >= 0.3 is 0 Å². The molecule has 0 aliphatic rings. The zero-order valence-electron chi connectivity index (χ0n) is 11.3. The maximum absolute atomic E-state index is 11.2. The monoisotopic (exact) mass is 285 g/mol. The van der Waals surface area contributed by atoms with Crippen LogP contribution in [0.1, 0.15) is 11.1 Å². The van der Waals surface area contributed by atoms with Crippen LogP contribution in [-0.4, -0.2) is 23.2 Å². The van der Waals surface area contributed by atoms with Crippen LogP contribution in [-0.2, 0) is 4.79 Å². The van der Waals surface area contributed by atoms with Gasteiger partial charge in [0.2, 0.25) is 5.91 Å². The quantitative estimate of drug-likeness (QED) is 0.673. The van der Waals surface area contributed by atoms with Crippen molar-refractivity contribution in [2.24, 2.45) is 0 Å². The molecule has 1 amide bonds. The van der Waals surface area contributed by atoms with Crippen LogP contribution < -0.4 is 5.32 Å². The fourth-order valence-electron chi connectivity index (χ4n) is 1.80. The topological polar surface area (TPSA) is 54.9 Å². The average molecular weight is 285 g/mol. The second kappa shape index (κ2) is 6.34. The van der Waals surface area contributed by atoms with E-state index in [0.717, 1.165) is 22.4 Å². The molecule has 2 rings (SSSR count). The number of aryl methyl sites for hydroxylation is 1. The molecule has 0 aliphatic carbocycles. The normalized spacial score (nSPS) is 10.8. The van der Waals surface area contributed by atoms with Gasteiger partial charge in [0.1, 0.15) is 5.03 Å². The average Bonchev–Trinajstić information content (AvgIpc) is 2.46. The molecule has 1 N–H and O–H groups in total. The van der Waals surface area contributed by atoms with Crippen molar-refractivity contribution in [3.63, 3.8) is 0 Å². The molecule has 102 valence electrons. The van der Waals surface area contributed by atoms with Crippen LogP contribution in [0.3, 0.4) is 0 Å². The lowest BCUT2D eigenvalue weighted by atomic mass is 10.0. The number of nitrogens with zero attached hydrogens (tertiary/aromatic N) is 2. The first-order valence-corrected chi connectivity index (χ1v) is 6.58. The number of carbonyl (C=O) groups is 1. The predicted octanol–water partition coefficient (Wildman–Crippen LogP) is 2.50. The highest BCUT2D eigenvalue weighted by molar-refractivity contribution is 7.80. The van der Waals surface area contributed by atoms with Gasteiger partial charge in [-0.05, 0) is 36.3 Å². The Balaban J connectivity index is 2.28. The minimum Gasteiger partial charge on any atom is -0.356 e. The molecule has 2 aromatic rings. The van der Waals surface area contributed by atoms with Gasteiger partial charge in [0.05, 0.1) is 5.69 Å². The summed E-state index contributed by atoms with van der Waals surface area (Å²) in [6.07, 6.45) is 3.28. The minimum atomic E-state index is -0.123. The molecule has 0 unspecified atom stereocenters. The van der Waals surface area contributed by atoms with Crippen molar-refractivity contribution in [3.05, 3.63) is 47.5 Å². The van der Waals surface area contributed by atoms with E-state index in [1.165, 1.54) is 6.08 Å². The van der Waals surface area contributed by atoms with Crippen LogP contribution in [0.15, 0.2) is 41.4 Å². The molecule has 1 aromatic heterocycles. The van der Waals surface area contributed by atoms with Crippen LogP contribution in [0, 0.1) is 6.92 Å². The zero-order chi connectivity index (χ0) is 14.5. The summed E-state index contributed by atoms with van der Waals surface area (Å²) in [7, 11) is 1.60. The molecule has 0 saturated carbocycles.